The molecule has 0 aliphatic rings. The molecule has 0 aliphatic carbocycles. The van der Waals surface area contributed by atoms with Crippen LogP contribution in [0.2, 0.25) is 0 Å². The molecule has 0 bridgehead atoms. The van der Waals surface area contributed by atoms with Crippen molar-refractivity contribution in [2.45, 2.75) is 20.4 Å². The molecule has 5 nitrogen and oxygen atoms in total. The molecular weight excluding hydrogens is 404 g/mol. The molecule has 1 amide bonds. The third-order valence-electron chi connectivity index (χ3n) is 3.58. The number of nitrogens with one attached hydrogen (secondary N) is 1. The highest BCUT2D eigenvalue weighted by atomic mass is 79.9. The number of nitrogens with zero attached hydrogens (tertiary/aromatic N) is 1. The van der Waals surface area contributed by atoms with E-state index in [2.05, 4.69) is 26.4 Å². The lowest BCUT2D eigenvalue weighted by Gasteiger charge is -2.07. The highest BCUT2D eigenvalue weighted by Crippen LogP contribution is 2.33. The summed E-state index contributed by atoms with van der Waals surface area (Å²) >= 11 is 4.93. The van der Waals surface area contributed by atoms with Gasteiger partial charge in [0.15, 0.2) is 0 Å². The Kier molecular flexibility index (Phi) is 5.55. The number of amides is 1. The molecule has 0 atom stereocenters. The third kappa shape index (κ3) is 4.11. The summed E-state index contributed by atoms with van der Waals surface area (Å²) in [5.41, 5.74) is 2.03. The minimum atomic E-state index is -0.202. The molecule has 0 saturated heterocycles. The summed E-state index contributed by atoms with van der Waals surface area (Å²) in [6, 6.07) is 11.5. The lowest BCUT2D eigenvalue weighted by Crippen LogP contribution is -2.23. The number of hydrogen-bond acceptors (Lipinski definition) is 5. The van der Waals surface area contributed by atoms with E-state index in [1.165, 1.54) is 11.3 Å². The molecule has 2 heterocycles. The minimum absolute atomic E-state index is 0.202. The maximum Gasteiger partial charge on any atom is 0.257 e. The Morgan fingerprint density at radius 1 is 1.28 bits per heavy atom. The van der Waals surface area contributed by atoms with Gasteiger partial charge in [-0.1, -0.05) is 17.3 Å². The van der Waals surface area contributed by atoms with Gasteiger partial charge in [0, 0.05) is 6.54 Å². The first-order chi connectivity index (χ1) is 12.1. The zero-order valence-electron chi connectivity index (χ0n) is 13.8. The summed E-state index contributed by atoms with van der Waals surface area (Å²) in [4.78, 5) is 13.5. The van der Waals surface area contributed by atoms with E-state index in [0.29, 0.717) is 30.2 Å². The van der Waals surface area contributed by atoms with E-state index < -0.39 is 0 Å². The van der Waals surface area contributed by atoms with Gasteiger partial charge in [0.05, 0.1) is 15.3 Å². The normalized spacial score (nSPS) is 10.7. The number of ether oxygens (including phenoxy) is 1. The molecule has 0 saturated carbocycles. The Hall–Kier alpha value is -2.12. The lowest BCUT2D eigenvalue weighted by atomic mass is 10.1. The Labute approximate surface area is 158 Å². The Bertz CT molecular complexity index is 871. The predicted molar refractivity (Wildman–Crippen MR) is 101 cm³/mol. The van der Waals surface area contributed by atoms with Gasteiger partial charge in [-0.05, 0) is 59.6 Å². The summed E-state index contributed by atoms with van der Waals surface area (Å²) in [6.45, 7) is 4.73. The monoisotopic (exact) mass is 420 g/mol. The van der Waals surface area contributed by atoms with Gasteiger partial charge in [-0.15, -0.1) is 11.3 Å². The number of carbonyl (C=O) groups excluding carboxylic acids is 1. The SMILES string of the molecule is CCOc1ccc(CNC(=O)c2c(-c3ccc(Br)s3)noc2C)cc1. The van der Waals surface area contributed by atoms with Gasteiger partial charge in [0.25, 0.3) is 5.91 Å². The van der Waals surface area contributed by atoms with Crippen molar-refractivity contribution in [3.8, 4) is 16.3 Å². The summed E-state index contributed by atoms with van der Waals surface area (Å²) in [5, 5.41) is 6.97. The minimum Gasteiger partial charge on any atom is -0.494 e. The van der Waals surface area contributed by atoms with Gasteiger partial charge in [-0.2, -0.15) is 0 Å². The van der Waals surface area contributed by atoms with E-state index >= 15 is 0 Å². The topological polar surface area (TPSA) is 64.4 Å². The molecule has 0 radical (unpaired) electrons. The van der Waals surface area contributed by atoms with Crippen molar-refractivity contribution in [1.82, 2.24) is 10.5 Å². The van der Waals surface area contributed by atoms with Crippen LogP contribution >= 0.6 is 27.3 Å². The van der Waals surface area contributed by atoms with Crippen LogP contribution in [0.3, 0.4) is 0 Å². The van der Waals surface area contributed by atoms with Crippen molar-refractivity contribution in [1.29, 1.82) is 0 Å². The maximum atomic E-state index is 12.6. The molecule has 1 N–H and O–H groups in total. The first kappa shape index (κ1) is 17.7. The fraction of sp³-hybridized carbons (Fsp3) is 0.222. The zero-order chi connectivity index (χ0) is 17.8. The maximum absolute atomic E-state index is 12.6. The van der Waals surface area contributed by atoms with Gasteiger partial charge < -0.3 is 14.6 Å². The molecule has 0 spiro atoms. The van der Waals surface area contributed by atoms with Gasteiger partial charge in [0.2, 0.25) is 0 Å². The Morgan fingerprint density at radius 2 is 2.04 bits per heavy atom. The van der Waals surface area contributed by atoms with Crippen LogP contribution in [0.15, 0.2) is 44.7 Å². The summed E-state index contributed by atoms with van der Waals surface area (Å²) in [6.07, 6.45) is 0. The smallest absolute Gasteiger partial charge is 0.257 e. The van der Waals surface area contributed by atoms with Crippen LogP contribution in [0.25, 0.3) is 10.6 Å². The number of hydrogen-bond donors (Lipinski definition) is 1. The second-order valence-corrected chi connectivity index (χ2v) is 7.79. The van der Waals surface area contributed by atoms with Crippen molar-refractivity contribution < 1.29 is 14.1 Å². The van der Waals surface area contributed by atoms with Crippen LogP contribution in [-0.4, -0.2) is 17.7 Å². The Morgan fingerprint density at radius 3 is 2.68 bits per heavy atom. The highest BCUT2D eigenvalue weighted by molar-refractivity contribution is 9.11. The van der Waals surface area contributed by atoms with E-state index in [9.17, 15) is 4.79 Å². The predicted octanol–water partition coefficient (Wildman–Crippen LogP) is 4.80. The van der Waals surface area contributed by atoms with Crippen LogP contribution in [0.1, 0.15) is 28.6 Å². The van der Waals surface area contributed by atoms with Crippen LogP contribution in [0.5, 0.6) is 5.75 Å². The zero-order valence-corrected chi connectivity index (χ0v) is 16.2. The molecule has 130 valence electrons. The highest BCUT2D eigenvalue weighted by Gasteiger charge is 2.22. The van der Waals surface area contributed by atoms with E-state index in [0.717, 1.165) is 20.0 Å². The average molecular weight is 421 g/mol. The number of aryl methyl sites for hydroxylation is 1. The second kappa shape index (κ2) is 7.84. The largest absolute Gasteiger partial charge is 0.494 e. The molecule has 0 unspecified atom stereocenters. The van der Waals surface area contributed by atoms with Crippen LogP contribution < -0.4 is 10.1 Å². The van der Waals surface area contributed by atoms with Crippen molar-refractivity contribution in [3.63, 3.8) is 0 Å². The second-order valence-electron chi connectivity index (χ2n) is 5.33. The molecular formula is C18H17BrN2O3S. The summed E-state index contributed by atoms with van der Waals surface area (Å²) in [5.74, 6) is 1.12. The summed E-state index contributed by atoms with van der Waals surface area (Å²) in [7, 11) is 0. The van der Waals surface area contributed by atoms with Gasteiger partial charge in [-0.3, -0.25) is 4.79 Å². The fourth-order valence-corrected chi connectivity index (χ4v) is 3.76. The fourth-order valence-electron chi connectivity index (χ4n) is 2.39. The van der Waals surface area contributed by atoms with E-state index in [-0.39, 0.29) is 5.91 Å². The van der Waals surface area contributed by atoms with Crippen molar-refractivity contribution in [2.24, 2.45) is 0 Å². The first-order valence-electron chi connectivity index (χ1n) is 7.80. The molecule has 3 rings (SSSR count). The van der Waals surface area contributed by atoms with E-state index in [4.69, 9.17) is 9.26 Å². The van der Waals surface area contributed by atoms with Crippen LogP contribution in [0.4, 0.5) is 0 Å². The average Bonchev–Trinajstić information content (AvgIpc) is 3.20. The number of carbonyl (C=O) groups is 1. The molecule has 0 fully saturated rings. The number of benzene rings is 1. The number of aromatic nitrogens is 1. The van der Waals surface area contributed by atoms with Crippen molar-refractivity contribution in [2.75, 3.05) is 6.61 Å². The standard InChI is InChI=1S/C18H17BrN2O3S/c1-3-23-13-6-4-12(5-7-13)10-20-18(22)16-11(2)24-21-17(16)14-8-9-15(19)25-14/h4-9H,3,10H2,1-2H3,(H,20,22). The molecule has 0 aliphatic heterocycles. The first-order valence-corrected chi connectivity index (χ1v) is 9.41. The molecule has 3 aromatic rings. The summed E-state index contributed by atoms with van der Waals surface area (Å²) < 4.78 is 11.6. The van der Waals surface area contributed by atoms with Crippen molar-refractivity contribution >= 4 is 33.2 Å². The number of halogens is 1. The lowest BCUT2D eigenvalue weighted by molar-refractivity contribution is 0.0950. The van der Waals surface area contributed by atoms with Gasteiger partial charge in [0.1, 0.15) is 22.8 Å². The van der Waals surface area contributed by atoms with Crippen LogP contribution in [-0.2, 0) is 6.54 Å². The van der Waals surface area contributed by atoms with Gasteiger partial charge >= 0.3 is 0 Å². The van der Waals surface area contributed by atoms with Crippen molar-refractivity contribution in [3.05, 3.63) is 57.1 Å². The molecule has 2 aromatic heterocycles. The molecule has 7 heteroatoms. The molecule has 1 aromatic carbocycles. The molecule has 25 heavy (non-hydrogen) atoms. The third-order valence-corrected chi connectivity index (χ3v) is 5.21. The Balaban J connectivity index is 1.72. The number of thiophene rings is 1. The quantitative estimate of drug-likeness (QED) is 0.621. The van der Waals surface area contributed by atoms with E-state index in [1.807, 2.05) is 43.3 Å². The number of rotatable bonds is 6. The van der Waals surface area contributed by atoms with Gasteiger partial charge in [-0.25, -0.2) is 0 Å². The van der Waals surface area contributed by atoms with Crippen LogP contribution in [0, 0.1) is 6.92 Å². The van der Waals surface area contributed by atoms with E-state index in [1.54, 1.807) is 6.92 Å².